The Kier molecular flexibility index (Phi) is 2.93. The number of nitrogens with one attached hydrogen (secondary N) is 1. The normalized spacial score (nSPS) is 18.3. The highest BCUT2D eigenvalue weighted by molar-refractivity contribution is 5.27. The SMILES string of the molecule is COc1cccc(COC2(C)CNC2)c1. The summed E-state index contributed by atoms with van der Waals surface area (Å²) in [6, 6.07) is 7.99. The fraction of sp³-hybridized carbons (Fsp3) is 0.500. The molecule has 82 valence electrons. The molecule has 0 amide bonds. The third-order valence-electron chi connectivity index (χ3n) is 2.72. The summed E-state index contributed by atoms with van der Waals surface area (Å²) < 4.78 is 11.0. The summed E-state index contributed by atoms with van der Waals surface area (Å²) in [5, 5.41) is 3.21. The number of methoxy groups -OCH3 is 1. The summed E-state index contributed by atoms with van der Waals surface area (Å²) in [7, 11) is 1.68. The fourth-order valence-electron chi connectivity index (χ4n) is 1.60. The molecular weight excluding hydrogens is 190 g/mol. The van der Waals surface area contributed by atoms with Crippen LogP contribution in [0.15, 0.2) is 24.3 Å². The molecular formula is C12H17NO2. The molecule has 1 fully saturated rings. The van der Waals surface area contributed by atoms with Gasteiger partial charge in [0.1, 0.15) is 5.75 Å². The van der Waals surface area contributed by atoms with Gasteiger partial charge in [-0.25, -0.2) is 0 Å². The molecule has 0 unspecified atom stereocenters. The van der Waals surface area contributed by atoms with Gasteiger partial charge in [-0.1, -0.05) is 12.1 Å². The first kappa shape index (κ1) is 10.5. The molecule has 15 heavy (non-hydrogen) atoms. The first-order valence-corrected chi connectivity index (χ1v) is 5.19. The third kappa shape index (κ3) is 2.49. The molecule has 1 aliphatic heterocycles. The molecule has 0 bridgehead atoms. The first-order chi connectivity index (χ1) is 7.22. The van der Waals surface area contributed by atoms with Gasteiger partial charge in [0.15, 0.2) is 0 Å². The Morgan fingerprint density at radius 1 is 1.40 bits per heavy atom. The smallest absolute Gasteiger partial charge is 0.119 e. The van der Waals surface area contributed by atoms with Gasteiger partial charge in [0, 0.05) is 13.1 Å². The van der Waals surface area contributed by atoms with E-state index in [1.807, 2.05) is 18.2 Å². The maximum atomic E-state index is 5.83. The van der Waals surface area contributed by atoms with E-state index in [2.05, 4.69) is 18.3 Å². The van der Waals surface area contributed by atoms with Crippen LogP contribution in [0.5, 0.6) is 5.75 Å². The van der Waals surface area contributed by atoms with Crippen LogP contribution in [0.1, 0.15) is 12.5 Å². The lowest BCUT2D eigenvalue weighted by Gasteiger charge is -2.39. The van der Waals surface area contributed by atoms with Crippen molar-refractivity contribution in [2.24, 2.45) is 0 Å². The molecule has 1 aromatic carbocycles. The average Bonchev–Trinajstić information content (AvgIpc) is 2.24. The highest BCUT2D eigenvalue weighted by atomic mass is 16.5. The Balaban J connectivity index is 1.92. The summed E-state index contributed by atoms with van der Waals surface area (Å²) in [5.41, 5.74) is 1.17. The zero-order valence-corrected chi connectivity index (χ0v) is 9.25. The molecule has 1 heterocycles. The van der Waals surface area contributed by atoms with Gasteiger partial charge < -0.3 is 14.8 Å². The number of hydrogen-bond donors (Lipinski definition) is 1. The van der Waals surface area contributed by atoms with Gasteiger partial charge in [-0.3, -0.25) is 0 Å². The van der Waals surface area contributed by atoms with E-state index in [0.717, 1.165) is 24.4 Å². The maximum Gasteiger partial charge on any atom is 0.119 e. The van der Waals surface area contributed by atoms with Gasteiger partial charge in [0.05, 0.1) is 19.3 Å². The number of benzene rings is 1. The monoisotopic (exact) mass is 207 g/mol. The van der Waals surface area contributed by atoms with Crippen LogP contribution in [-0.2, 0) is 11.3 Å². The van der Waals surface area contributed by atoms with Crippen molar-refractivity contribution < 1.29 is 9.47 Å². The number of ether oxygens (including phenoxy) is 2. The minimum Gasteiger partial charge on any atom is -0.497 e. The van der Waals surface area contributed by atoms with Crippen molar-refractivity contribution in [3.63, 3.8) is 0 Å². The Hall–Kier alpha value is -1.06. The molecule has 2 rings (SSSR count). The lowest BCUT2D eigenvalue weighted by Crippen LogP contribution is -2.58. The van der Waals surface area contributed by atoms with Gasteiger partial charge in [-0.05, 0) is 24.6 Å². The van der Waals surface area contributed by atoms with Crippen LogP contribution in [0.2, 0.25) is 0 Å². The van der Waals surface area contributed by atoms with Gasteiger partial charge in [0.25, 0.3) is 0 Å². The van der Waals surface area contributed by atoms with Gasteiger partial charge in [-0.15, -0.1) is 0 Å². The second kappa shape index (κ2) is 4.21. The fourth-order valence-corrected chi connectivity index (χ4v) is 1.60. The lowest BCUT2D eigenvalue weighted by molar-refractivity contribution is -0.0767. The van der Waals surface area contributed by atoms with Crippen LogP contribution < -0.4 is 10.1 Å². The van der Waals surface area contributed by atoms with E-state index < -0.39 is 0 Å². The minimum absolute atomic E-state index is 0.0169. The Morgan fingerprint density at radius 2 is 2.20 bits per heavy atom. The summed E-state index contributed by atoms with van der Waals surface area (Å²) in [5.74, 6) is 0.882. The van der Waals surface area contributed by atoms with Crippen molar-refractivity contribution in [2.75, 3.05) is 20.2 Å². The molecule has 0 aromatic heterocycles. The predicted octanol–water partition coefficient (Wildman–Crippen LogP) is 1.57. The quantitative estimate of drug-likeness (QED) is 0.813. The molecule has 1 aromatic rings. The number of hydrogen-bond acceptors (Lipinski definition) is 3. The third-order valence-corrected chi connectivity index (χ3v) is 2.72. The van der Waals surface area contributed by atoms with E-state index in [-0.39, 0.29) is 5.60 Å². The topological polar surface area (TPSA) is 30.5 Å². The average molecular weight is 207 g/mol. The second-order valence-electron chi connectivity index (χ2n) is 4.19. The molecule has 3 nitrogen and oxygen atoms in total. The molecule has 0 atom stereocenters. The van der Waals surface area contributed by atoms with Crippen molar-refractivity contribution >= 4 is 0 Å². The lowest BCUT2D eigenvalue weighted by atomic mass is 10.00. The van der Waals surface area contributed by atoms with Crippen LogP contribution in [0.4, 0.5) is 0 Å². The highest BCUT2D eigenvalue weighted by Crippen LogP contribution is 2.19. The largest absolute Gasteiger partial charge is 0.497 e. The maximum absolute atomic E-state index is 5.83. The molecule has 0 saturated carbocycles. The second-order valence-corrected chi connectivity index (χ2v) is 4.19. The molecule has 1 aliphatic rings. The zero-order chi connectivity index (χ0) is 10.7. The van der Waals surface area contributed by atoms with Crippen LogP contribution >= 0.6 is 0 Å². The van der Waals surface area contributed by atoms with E-state index in [4.69, 9.17) is 9.47 Å². The Bertz CT molecular complexity index is 334. The summed E-state index contributed by atoms with van der Waals surface area (Å²) in [6.07, 6.45) is 0. The van der Waals surface area contributed by atoms with Crippen molar-refractivity contribution in [3.8, 4) is 5.75 Å². The summed E-state index contributed by atoms with van der Waals surface area (Å²) in [6.45, 7) is 4.66. The minimum atomic E-state index is 0.0169. The molecule has 0 radical (unpaired) electrons. The summed E-state index contributed by atoms with van der Waals surface area (Å²) >= 11 is 0. The van der Waals surface area contributed by atoms with Crippen molar-refractivity contribution in [2.45, 2.75) is 19.1 Å². The van der Waals surface area contributed by atoms with Gasteiger partial charge >= 0.3 is 0 Å². The Morgan fingerprint density at radius 3 is 2.80 bits per heavy atom. The molecule has 1 saturated heterocycles. The van der Waals surface area contributed by atoms with E-state index >= 15 is 0 Å². The molecule has 0 aliphatic carbocycles. The van der Waals surface area contributed by atoms with Gasteiger partial charge in [-0.2, -0.15) is 0 Å². The van der Waals surface area contributed by atoms with Crippen molar-refractivity contribution in [1.82, 2.24) is 5.32 Å². The van der Waals surface area contributed by atoms with Crippen LogP contribution in [0.25, 0.3) is 0 Å². The molecule has 1 N–H and O–H groups in total. The van der Waals surface area contributed by atoms with Crippen LogP contribution in [-0.4, -0.2) is 25.8 Å². The number of rotatable bonds is 4. The van der Waals surface area contributed by atoms with Crippen LogP contribution in [0.3, 0.4) is 0 Å². The van der Waals surface area contributed by atoms with Crippen molar-refractivity contribution in [1.29, 1.82) is 0 Å². The molecule has 3 heteroatoms. The first-order valence-electron chi connectivity index (χ1n) is 5.19. The van der Waals surface area contributed by atoms with Crippen molar-refractivity contribution in [3.05, 3.63) is 29.8 Å². The highest BCUT2D eigenvalue weighted by Gasteiger charge is 2.32. The van der Waals surface area contributed by atoms with Gasteiger partial charge in [0.2, 0.25) is 0 Å². The van der Waals surface area contributed by atoms with E-state index in [1.165, 1.54) is 0 Å². The Labute approximate surface area is 90.4 Å². The van der Waals surface area contributed by atoms with E-state index in [0.29, 0.717) is 6.61 Å². The predicted molar refractivity (Wildman–Crippen MR) is 59.1 cm³/mol. The van der Waals surface area contributed by atoms with Crippen LogP contribution in [0, 0.1) is 0 Å². The van der Waals surface area contributed by atoms with E-state index in [1.54, 1.807) is 7.11 Å². The standard InChI is InChI=1S/C12H17NO2/c1-12(8-13-9-12)15-7-10-4-3-5-11(6-10)14-2/h3-6,13H,7-9H2,1-2H3. The molecule has 0 spiro atoms. The summed E-state index contributed by atoms with van der Waals surface area (Å²) in [4.78, 5) is 0. The zero-order valence-electron chi connectivity index (χ0n) is 9.25. The van der Waals surface area contributed by atoms with E-state index in [9.17, 15) is 0 Å².